The molecule has 2 atom stereocenters. The van der Waals surface area contributed by atoms with Crippen molar-refractivity contribution < 1.29 is 4.74 Å². The second-order valence-electron chi connectivity index (χ2n) is 5.65. The molecule has 106 valence electrons. The molecule has 0 bridgehead atoms. The predicted octanol–water partition coefficient (Wildman–Crippen LogP) is 1.50. The smallest absolute Gasteiger partial charge is 0.145 e. The third kappa shape index (κ3) is 3.09. The third-order valence-electron chi connectivity index (χ3n) is 4.34. The topological polar surface area (TPSA) is 56.3 Å². The van der Waals surface area contributed by atoms with E-state index < -0.39 is 0 Å². The lowest BCUT2D eigenvalue weighted by atomic mass is 9.90. The zero-order valence-electron chi connectivity index (χ0n) is 11.5. The minimum atomic E-state index is 0.489. The lowest BCUT2D eigenvalue weighted by Gasteiger charge is -2.43. The molecule has 0 aromatic carbocycles. The molecule has 5 nitrogen and oxygen atoms in total. The Hall–Kier alpha value is -1.07. The highest BCUT2D eigenvalue weighted by Crippen LogP contribution is 2.28. The van der Waals surface area contributed by atoms with Crippen LogP contribution in [0.2, 0.25) is 0 Å². The van der Waals surface area contributed by atoms with Gasteiger partial charge in [-0.15, -0.1) is 0 Å². The van der Waals surface area contributed by atoms with Crippen molar-refractivity contribution in [3.63, 3.8) is 0 Å². The SMILES string of the molecule is Nc1ccn(CCCN2CCOC3CCCCC32)n1. The van der Waals surface area contributed by atoms with E-state index in [4.69, 9.17) is 10.5 Å². The number of fused-ring (bicyclic) bond motifs is 1. The monoisotopic (exact) mass is 264 g/mol. The first-order valence-electron chi connectivity index (χ1n) is 7.47. The highest BCUT2D eigenvalue weighted by Gasteiger charge is 2.33. The Labute approximate surface area is 114 Å². The fourth-order valence-electron chi connectivity index (χ4n) is 3.39. The van der Waals surface area contributed by atoms with Crippen LogP contribution in [0.25, 0.3) is 0 Å². The van der Waals surface area contributed by atoms with Crippen molar-refractivity contribution in [1.82, 2.24) is 14.7 Å². The van der Waals surface area contributed by atoms with E-state index in [1.54, 1.807) is 0 Å². The molecule has 1 aromatic rings. The van der Waals surface area contributed by atoms with Gasteiger partial charge in [0.15, 0.2) is 0 Å². The fraction of sp³-hybridized carbons (Fsp3) is 0.786. The quantitative estimate of drug-likeness (QED) is 0.895. The number of nitrogens with zero attached hydrogens (tertiary/aromatic N) is 3. The molecule has 1 aromatic heterocycles. The number of ether oxygens (including phenoxy) is 1. The molecule has 1 aliphatic heterocycles. The van der Waals surface area contributed by atoms with Crippen LogP contribution in [0.5, 0.6) is 0 Å². The van der Waals surface area contributed by atoms with Gasteiger partial charge in [0.05, 0.1) is 12.7 Å². The number of morpholine rings is 1. The summed E-state index contributed by atoms with van der Waals surface area (Å²) in [6.45, 7) is 4.08. The summed E-state index contributed by atoms with van der Waals surface area (Å²) in [5, 5.41) is 4.23. The molecule has 2 unspecified atom stereocenters. The van der Waals surface area contributed by atoms with Crippen LogP contribution in [-0.4, -0.2) is 46.5 Å². The van der Waals surface area contributed by atoms with Crippen LogP contribution in [-0.2, 0) is 11.3 Å². The molecule has 1 aliphatic carbocycles. The van der Waals surface area contributed by atoms with E-state index in [2.05, 4.69) is 10.00 Å². The highest BCUT2D eigenvalue weighted by molar-refractivity contribution is 5.23. The van der Waals surface area contributed by atoms with Gasteiger partial charge < -0.3 is 10.5 Å². The first-order valence-corrected chi connectivity index (χ1v) is 7.47. The van der Waals surface area contributed by atoms with Crippen LogP contribution in [0.15, 0.2) is 12.3 Å². The minimum absolute atomic E-state index is 0.489. The molecule has 1 saturated carbocycles. The number of nitrogen functional groups attached to an aromatic ring is 1. The van der Waals surface area contributed by atoms with Crippen molar-refractivity contribution in [1.29, 1.82) is 0 Å². The lowest BCUT2D eigenvalue weighted by Crippen LogP contribution is -2.52. The second kappa shape index (κ2) is 5.92. The molecule has 0 spiro atoms. The van der Waals surface area contributed by atoms with E-state index in [0.717, 1.165) is 32.7 Å². The van der Waals surface area contributed by atoms with Crippen LogP contribution in [0.3, 0.4) is 0 Å². The zero-order chi connectivity index (χ0) is 13.1. The van der Waals surface area contributed by atoms with Crippen molar-refractivity contribution in [3.8, 4) is 0 Å². The molecule has 0 amide bonds. The van der Waals surface area contributed by atoms with E-state index >= 15 is 0 Å². The molecule has 5 heteroatoms. The number of aryl methyl sites for hydroxylation is 1. The van der Waals surface area contributed by atoms with Crippen molar-refractivity contribution >= 4 is 5.82 Å². The van der Waals surface area contributed by atoms with Gasteiger partial charge >= 0.3 is 0 Å². The Bertz CT molecular complexity index is 404. The van der Waals surface area contributed by atoms with Crippen LogP contribution in [0.1, 0.15) is 32.1 Å². The van der Waals surface area contributed by atoms with Crippen molar-refractivity contribution in [2.75, 3.05) is 25.4 Å². The molecule has 1 saturated heterocycles. The third-order valence-corrected chi connectivity index (χ3v) is 4.34. The molecular formula is C14H24N4O. The largest absolute Gasteiger partial charge is 0.382 e. The summed E-state index contributed by atoms with van der Waals surface area (Å²) in [6.07, 6.45) is 8.82. The maximum absolute atomic E-state index is 5.90. The molecule has 0 radical (unpaired) electrons. The van der Waals surface area contributed by atoms with E-state index in [1.807, 2.05) is 16.9 Å². The molecule has 2 aliphatic rings. The van der Waals surface area contributed by atoms with E-state index in [-0.39, 0.29) is 0 Å². The number of nitrogens with two attached hydrogens (primary N) is 1. The molecule has 2 fully saturated rings. The predicted molar refractivity (Wildman–Crippen MR) is 74.8 cm³/mol. The van der Waals surface area contributed by atoms with Gasteiger partial charge in [0.2, 0.25) is 0 Å². The zero-order valence-corrected chi connectivity index (χ0v) is 11.5. The Morgan fingerprint density at radius 1 is 1.32 bits per heavy atom. The number of aromatic nitrogens is 2. The second-order valence-corrected chi connectivity index (χ2v) is 5.65. The van der Waals surface area contributed by atoms with Gasteiger partial charge in [0.1, 0.15) is 5.82 Å². The van der Waals surface area contributed by atoms with Gasteiger partial charge in [-0.3, -0.25) is 9.58 Å². The number of hydrogen-bond donors (Lipinski definition) is 1. The summed E-state index contributed by atoms with van der Waals surface area (Å²) in [6, 6.07) is 2.51. The number of hydrogen-bond acceptors (Lipinski definition) is 4. The summed E-state index contributed by atoms with van der Waals surface area (Å²) in [4.78, 5) is 2.63. The first kappa shape index (κ1) is 12.9. The van der Waals surface area contributed by atoms with Crippen molar-refractivity contribution in [2.45, 2.75) is 50.8 Å². The Balaban J connectivity index is 1.48. The molecule has 2 N–H and O–H groups in total. The fourth-order valence-corrected chi connectivity index (χ4v) is 3.39. The normalized spacial score (nSPS) is 28.2. The van der Waals surface area contributed by atoms with Crippen LogP contribution < -0.4 is 5.73 Å². The average Bonchev–Trinajstić information content (AvgIpc) is 2.85. The van der Waals surface area contributed by atoms with Crippen LogP contribution >= 0.6 is 0 Å². The van der Waals surface area contributed by atoms with Gasteiger partial charge in [-0.25, -0.2) is 0 Å². The van der Waals surface area contributed by atoms with Gasteiger partial charge in [0.25, 0.3) is 0 Å². The summed E-state index contributed by atoms with van der Waals surface area (Å²) in [7, 11) is 0. The minimum Gasteiger partial charge on any atom is -0.382 e. The number of rotatable bonds is 4. The maximum Gasteiger partial charge on any atom is 0.145 e. The van der Waals surface area contributed by atoms with Crippen molar-refractivity contribution in [2.24, 2.45) is 0 Å². The summed E-state index contributed by atoms with van der Waals surface area (Å²) in [5.74, 6) is 0.610. The van der Waals surface area contributed by atoms with Gasteiger partial charge in [0, 0.05) is 31.9 Å². The maximum atomic E-state index is 5.90. The van der Waals surface area contributed by atoms with E-state index in [9.17, 15) is 0 Å². The summed E-state index contributed by atoms with van der Waals surface area (Å²) >= 11 is 0. The average molecular weight is 264 g/mol. The van der Waals surface area contributed by atoms with Gasteiger partial charge in [-0.05, 0) is 25.3 Å². The van der Waals surface area contributed by atoms with Crippen LogP contribution in [0, 0.1) is 0 Å². The summed E-state index contributed by atoms with van der Waals surface area (Å²) < 4.78 is 7.84. The number of anilines is 1. The van der Waals surface area contributed by atoms with Gasteiger partial charge in [-0.1, -0.05) is 12.8 Å². The standard InChI is InChI=1S/C14H24N4O/c15-14-6-9-18(16-14)8-3-7-17-10-11-19-13-5-2-1-4-12(13)17/h6,9,12-13H,1-5,7-8,10-11H2,(H2,15,16). The highest BCUT2D eigenvalue weighted by atomic mass is 16.5. The molecular weight excluding hydrogens is 240 g/mol. The Morgan fingerprint density at radius 3 is 3.05 bits per heavy atom. The van der Waals surface area contributed by atoms with E-state index in [1.165, 1.54) is 25.7 Å². The van der Waals surface area contributed by atoms with Crippen LogP contribution in [0.4, 0.5) is 5.82 Å². The van der Waals surface area contributed by atoms with E-state index in [0.29, 0.717) is 18.0 Å². The Morgan fingerprint density at radius 2 is 2.21 bits per heavy atom. The lowest BCUT2D eigenvalue weighted by molar-refractivity contribution is -0.0884. The first-order chi connectivity index (χ1) is 9.33. The molecule has 2 heterocycles. The molecule has 3 rings (SSSR count). The van der Waals surface area contributed by atoms with Gasteiger partial charge in [-0.2, -0.15) is 5.10 Å². The summed E-state index contributed by atoms with van der Waals surface area (Å²) in [5.41, 5.74) is 5.62. The van der Waals surface area contributed by atoms with Crippen molar-refractivity contribution in [3.05, 3.63) is 12.3 Å². The Kier molecular flexibility index (Phi) is 4.03. The molecule has 19 heavy (non-hydrogen) atoms.